The summed E-state index contributed by atoms with van der Waals surface area (Å²) < 4.78 is 41.9. The van der Waals surface area contributed by atoms with Crippen LogP contribution in [0.5, 0.6) is 0 Å². The Morgan fingerprint density at radius 1 is 1.53 bits per heavy atom. The standard InChI is InChI=1S/C8H5F3N2O4/c1-17-7(14)6-5(8(9,10)11)4(13(15)16)2-3-12-6/h2-3H,1H3. The van der Waals surface area contributed by atoms with Crippen LogP contribution < -0.4 is 0 Å². The Morgan fingerprint density at radius 2 is 2.12 bits per heavy atom. The van der Waals surface area contributed by atoms with Crippen molar-refractivity contribution >= 4 is 11.7 Å². The van der Waals surface area contributed by atoms with Crippen molar-refractivity contribution in [1.29, 1.82) is 0 Å². The first-order valence-corrected chi connectivity index (χ1v) is 4.08. The zero-order valence-corrected chi connectivity index (χ0v) is 8.32. The summed E-state index contributed by atoms with van der Waals surface area (Å²) >= 11 is 0. The van der Waals surface area contributed by atoms with Crippen molar-refractivity contribution in [2.45, 2.75) is 6.18 Å². The second-order valence-corrected chi connectivity index (χ2v) is 2.80. The lowest BCUT2D eigenvalue weighted by Crippen LogP contribution is -2.18. The number of rotatable bonds is 2. The third-order valence-electron chi connectivity index (χ3n) is 1.79. The molecule has 0 aliphatic heterocycles. The minimum absolute atomic E-state index is 0.565. The quantitative estimate of drug-likeness (QED) is 0.454. The Kier molecular flexibility index (Phi) is 3.30. The van der Waals surface area contributed by atoms with Crippen molar-refractivity contribution in [2.75, 3.05) is 7.11 Å². The molecule has 0 aliphatic rings. The number of methoxy groups -OCH3 is 1. The average Bonchev–Trinajstić information content (AvgIpc) is 2.25. The largest absolute Gasteiger partial charge is 0.464 e. The molecule has 1 rings (SSSR count). The van der Waals surface area contributed by atoms with Gasteiger partial charge in [0.15, 0.2) is 11.3 Å². The van der Waals surface area contributed by atoms with E-state index in [-0.39, 0.29) is 0 Å². The van der Waals surface area contributed by atoms with Crippen molar-refractivity contribution in [3.8, 4) is 0 Å². The zero-order valence-electron chi connectivity index (χ0n) is 8.32. The number of halogens is 3. The molecule has 0 radical (unpaired) electrons. The van der Waals surface area contributed by atoms with Crippen molar-refractivity contribution in [3.63, 3.8) is 0 Å². The van der Waals surface area contributed by atoms with Crippen LogP contribution in [0.15, 0.2) is 12.3 Å². The van der Waals surface area contributed by atoms with Gasteiger partial charge in [-0.3, -0.25) is 10.1 Å². The van der Waals surface area contributed by atoms with Gasteiger partial charge in [0.05, 0.1) is 12.0 Å². The number of carbonyl (C=O) groups excluding carboxylic acids is 1. The van der Waals surface area contributed by atoms with Crippen LogP contribution in [-0.2, 0) is 10.9 Å². The second kappa shape index (κ2) is 4.36. The maximum Gasteiger partial charge on any atom is 0.425 e. The molecule has 6 nitrogen and oxygen atoms in total. The van der Waals surface area contributed by atoms with Gasteiger partial charge in [-0.05, 0) is 0 Å². The molecule has 9 heteroatoms. The van der Waals surface area contributed by atoms with E-state index < -0.39 is 34.0 Å². The summed E-state index contributed by atoms with van der Waals surface area (Å²) in [6, 6.07) is 0.565. The normalized spacial score (nSPS) is 11.1. The van der Waals surface area contributed by atoms with E-state index >= 15 is 0 Å². The van der Waals surface area contributed by atoms with Gasteiger partial charge in [-0.1, -0.05) is 0 Å². The summed E-state index contributed by atoms with van der Waals surface area (Å²) in [6.45, 7) is 0. The number of aromatic nitrogens is 1. The van der Waals surface area contributed by atoms with E-state index in [2.05, 4.69) is 9.72 Å². The Balaban J connectivity index is 3.57. The Hall–Kier alpha value is -2.19. The van der Waals surface area contributed by atoms with E-state index in [1.807, 2.05) is 0 Å². The van der Waals surface area contributed by atoms with Crippen LogP contribution in [-0.4, -0.2) is 23.0 Å². The van der Waals surface area contributed by atoms with Crippen LogP contribution in [0.25, 0.3) is 0 Å². The predicted molar refractivity (Wildman–Crippen MR) is 47.2 cm³/mol. The number of carbonyl (C=O) groups is 1. The van der Waals surface area contributed by atoms with Crippen LogP contribution in [0.4, 0.5) is 18.9 Å². The Morgan fingerprint density at radius 3 is 2.53 bits per heavy atom. The lowest BCUT2D eigenvalue weighted by atomic mass is 10.1. The summed E-state index contributed by atoms with van der Waals surface area (Å²) in [5, 5.41) is 10.5. The third-order valence-corrected chi connectivity index (χ3v) is 1.79. The van der Waals surface area contributed by atoms with E-state index in [0.717, 1.165) is 13.3 Å². The minimum atomic E-state index is -5.07. The van der Waals surface area contributed by atoms with Crippen molar-refractivity contribution in [1.82, 2.24) is 4.98 Å². The van der Waals surface area contributed by atoms with Crippen molar-refractivity contribution in [3.05, 3.63) is 33.6 Å². The van der Waals surface area contributed by atoms with Crippen LogP contribution >= 0.6 is 0 Å². The number of esters is 1. The molecule has 0 fully saturated rings. The summed E-state index contributed by atoms with van der Waals surface area (Å²) in [6.07, 6.45) is -4.33. The van der Waals surface area contributed by atoms with Gasteiger partial charge in [0.1, 0.15) is 0 Å². The number of hydrogen-bond acceptors (Lipinski definition) is 5. The van der Waals surface area contributed by atoms with Gasteiger partial charge >= 0.3 is 12.1 Å². The Bertz CT molecular complexity index is 472. The number of ether oxygens (including phenoxy) is 1. The lowest BCUT2D eigenvalue weighted by Gasteiger charge is -2.10. The summed E-state index contributed by atoms with van der Waals surface area (Å²) in [7, 11) is 0.850. The first-order valence-electron chi connectivity index (χ1n) is 4.08. The Labute approximate surface area is 92.2 Å². The number of pyridine rings is 1. The molecular formula is C8H5F3N2O4. The van der Waals surface area contributed by atoms with E-state index in [1.165, 1.54) is 0 Å². The summed E-state index contributed by atoms with van der Waals surface area (Å²) in [4.78, 5) is 23.4. The molecule has 92 valence electrons. The molecule has 0 spiro atoms. The molecule has 1 heterocycles. The van der Waals surface area contributed by atoms with Gasteiger partial charge in [-0.25, -0.2) is 9.78 Å². The van der Waals surface area contributed by atoms with E-state index in [4.69, 9.17) is 0 Å². The van der Waals surface area contributed by atoms with Gasteiger partial charge < -0.3 is 4.74 Å². The fraction of sp³-hybridized carbons (Fsp3) is 0.250. The molecule has 0 aromatic carbocycles. The van der Waals surface area contributed by atoms with Gasteiger partial charge in [0.2, 0.25) is 0 Å². The fourth-order valence-corrected chi connectivity index (χ4v) is 1.13. The lowest BCUT2D eigenvalue weighted by molar-refractivity contribution is -0.388. The van der Waals surface area contributed by atoms with Gasteiger partial charge in [-0.15, -0.1) is 0 Å². The molecule has 17 heavy (non-hydrogen) atoms. The molecule has 0 saturated carbocycles. The SMILES string of the molecule is COC(=O)c1nccc([N+](=O)[O-])c1C(F)(F)F. The average molecular weight is 250 g/mol. The highest BCUT2D eigenvalue weighted by Crippen LogP contribution is 2.37. The highest BCUT2D eigenvalue weighted by atomic mass is 19.4. The van der Waals surface area contributed by atoms with Gasteiger partial charge in [-0.2, -0.15) is 13.2 Å². The fourth-order valence-electron chi connectivity index (χ4n) is 1.13. The molecular weight excluding hydrogens is 245 g/mol. The second-order valence-electron chi connectivity index (χ2n) is 2.80. The maximum atomic E-state index is 12.6. The van der Waals surface area contributed by atoms with Crippen LogP contribution in [0, 0.1) is 10.1 Å². The van der Waals surface area contributed by atoms with Crippen molar-refractivity contribution < 1.29 is 27.6 Å². The molecule has 0 aliphatic carbocycles. The van der Waals surface area contributed by atoms with Crippen LogP contribution in [0.2, 0.25) is 0 Å². The highest BCUT2D eigenvalue weighted by Gasteiger charge is 2.43. The topological polar surface area (TPSA) is 82.3 Å². The number of alkyl halides is 3. The first-order chi connectivity index (χ1) is 7.79. The van der Waals surface area contributed by atoms with Crippen LogP contribution in [0.3, 0.4) is 0 Å². The molecule has 0 bridgehead atoms. The maximum absolute atomic E-state index is 12.6. The first kappa shape index (κ1) is 12.9. The van der Waals surface area contributed by atoms with Gasteiger partial charge in [0, 0.05) is 12.3 Å². The molecule has 0 amide bonds. The molecule has 0 unspecified atom stereocenters. The zero-order chi connectivity index (χ0) is 13.2. The van der Waals surface area contributed by atoms with Gasteiger partial charge in [0.25, 0.3) is 5.69 Å². The molecule has 1 aromatic heterocycles. The van der Waals surface area contributed by atoms with E-state index in [1.54, 1.807) is 0 Å². The number of nitro groups is 1. The highest BCUT2D eigenvalue weighted by molar-refractivity contribution is 5.90. The summed E-state index contributed by atoms with van der Waals surface area (Å²) in [5.41, 5.74) is -4.08. The molecule has 0 saturated heterocycles. The smallest absolute Gasteiger partial charge is 0.425 e. The number of nitrogens with zero attached hydrogens (tertiary/aromatic N) is 2. The van der Waals surface area contributed by atoms with Crippen LogP contribution in [0.1, 0.15) is 16.1 Å². The van der Waals surface area contributed by atoms with E-state index in [0.29, 0.717) is 6.07 Å². The predicted octanol–water partition coefficient (Wildman–Crippen LogP) is 1.80. The number of hydrogen-bond donors (Lipinski definition) is 0. The van der Waals surface area contributed by atoms with Crippen molar-refractivity contribution in [2.24, 2.45) is 0 Å². The molecule has 1 aromatic rings. The third kappa shape index (κ3) is 2.49. The van der Waals surface area contributed by atoms with E-state index in [9.17, 15) is 28.1 Å². The minimum Gasteiger partial charge on any atom is -0.464 e. The monoisotopic (exact) mass is 250 g/mol. The summed E-state index contributed by atoms with van der Waals surface area (Å²) in [5.74, 6) is -1.39. The molecule has 0 atom stereocenters. The molecule has 0 N–H and O–H groups in total.